The lowest BCUT2D eigenvalue weighted by atomic mass is 10.2. The molecule has 0 aliphatic heterocycles. The van der Waals surface area contributed by atoms with Gasteiger partial charge in [-0.1, -0.05) is 19.9 Å². The van der Waals surface area contributed by atoms with Crippen LogP contribution in [-0.2, 0) is 4.74 Å². The first-order chi connectivity index (χ1) is 8.52. The standard InChI is InChI=1S/C12H18N2O4/c1-9(2)8-17-6-7-18-11-5-3-4-10(13)12(11)14(15)16/h3-5,9H,6-8,13H2,1-2H3. The first-order valence-corrected chi connectivity index (χ1v) is 5.75. The summed E-state index contributed by atoms with van der Waals surface area (Å²) in [5.41, 5.74) is 5.44. The molecule has 0 amide bonds. The van der Waals surface area contributed by atoms with E-state index in [0.29, 0.717) is 19.1 Å². The zero-order valence-corrected chi connectivity index (χ0v) is 10.6. The van der Waals surface area contributed by atoms with Gasteiger partial charge in [-0.05, 0) is 18.1 Å². The van der Waals surface area contributed by atoms with Gasteiger partial charge < -0.3 is 15.2 Å². The van der Waals surface area contributed by atoms with Gasteiger partial charge in [-0.2, -0.15) is 0 Å². The van der Waals surface area contributed by atoms with E-state index in [0.717, 1.165) is 0 Å². The molecule has 0 aromatic heterocycles. The molecule has 100 valence electrons. The largest absolute Gasteiger partial charge is 0.484 e. The van der Waals surface area contributed by atoms with Crippen molar-refractivity contribution in [2.75, 3.05) is 25.6 Å². The number of hydrogen-bond donors (Lipinski definition) is 1. The summed E-state index contributed by atoms with van der Waals surface area (Å²) in [7, 11) is 0. The smallest absolute Gasteiger partial charge is 0.333 e. The SMILES string of the molecule is CC(C)COCCOc1cccc(N)c1[N+](=O)[O-]. The fraction of sp³-hybridized carbons (Fsp3) is 0.500. The summed E-state index contributed by atoms with van der Waals surface area (Å²) in [6.07, 6.45) is 0. The Bertz CT molecular complexity index is 407. The molecule has 18 heavy (non-hydrogen) atoms. The Morgan fingerprint density at radius 2 is 2.11 bits per heavy atom. The second kappa shape index (κ2) is 6.80. The minimum absolute atomic E-state index is 0.0978. The Morgan fingerprint density at radius 1 is 1.39 bits per heavy atom. The van der Waals surface area contributed by atoms with Crippen molar-refractivity contribution in [2.45, 2.75) is 13.8 Å². The summed E-state index contributed by atoms with van der Waals surface area (Å²) >= 11 is 0. The van der Waals surface area contributed by atoms with E-state index in [1.54, 1.807) is 6.07 Å². The Kier molecular flexibility index (Phi) is 5.38. The molecule has 0 fully saturated rings. The van der Waals surface area contributed by atoms with Crippen molar-refractivity contribution < 1.29 is 14.4 Å². The predicted molar refractivity (Wildman–Crippen MR) is 68.7 cm³/mol. The number of benzene rings is 1. The van der Waals surface area contributed by atoms with Gasteiger partial charge in [-0.25, -0.2) is 0 Å². The minimum Gasteiger partial charge on any atom is -0.484 e. The molecule has 0 atom stereocenters. The van der Waals surface area contributed by atoms with Gasteiger partial charge in [-0.15, -0.1) is 0 Å². The number of nitrogen functional groups attached to an aromatic ring is 1. The van der Waals surface area contributed by atoms with Crippen molar-refractivity contribution in [1.29, 1.82) is 0 Å². The molecular weight excluding hydrogens is 236 g/mol. The van der Waals surface area contributed by atoms with E-state index in [2.05, 4.69) is 0 Å². The molecular formula is C12H18N2O4. The van der Waals surface area contributed by atoms with Crippen LogP contribution in [0, 0.1) is 16.0 Å². The van der Waals surface area contributed by atoms with E-state index in [-0.39, 0.29) is 23.7 Å². The van der Waals surface area contributed by atoms with Crippen molar-refractivity contribution in [2.24, 2.45) is 5.92 Å². The van der Waals surface area contributed by atoms with Crippen LogP contribution in [0.2, 0.25) is 0 Å². The second-order valence-corrected chi connectivity index (χ2v) is 4.27. The molecule has 0 unspecified atom stereocenters. The first kappa shape index (κ1) is 14.2. The lowest BCUT2D eigenvalue weighted by molar-refractivity contribution is -0.384. The number of rotatable bonds is 7. The fourth-order valence-corrected chi connectivity index (χ4v) is 1.38. The van der Waals surface area contributed by atoms with Gasteiger partial charge in [0, 0.05) is 6.61 Å². The summed E-state index contributed by atoms with van der Waals surface area (Å²) in [5.74, 6) is 0.625. The predicted octanol–water partition coefficient (Wildman–Crippen LogP) is 2.23. The summed E-state index contributed by atoms with van der Waals surface area (Å²) in [6, 6.07) is 4.61. The maximum atomic E-state index is 10.8. The van der Waals surface area contributed by atoms with E-state index in [1.165, 1.54) is 12.1 Å². The highest BCUT2D eigenvalue weighted by molar-refractivity contribution is 5.65. The first-order valence-electron chi connectivity index (χ1n) is 5.75. The van der Waals surface area contributed by atoms with E-state index in [4.69, 9.17) is 15.2 Å². The molecule has 1 aromatic rings. The normalized spacial score (nSPS) is 10.6. The molecule has 0 saturated heterocycles. The summed E-state index contributed by atoms with van der Waals surface area (Å²) in [6.45, 7) is 5.39. The van der Waals surface area contributed by atoms with Crippen LogP contribution in [0.3, 0.4) is 0 Å². The third-order valence-corrected chi connectivity index (χ3v) is 2.15. The van der Waals surface area contributed by atoms with Crippen molar-refractivity contribution >= 4 is 11.4 Å². The van der Waals surface area contributed by atoms with E-state index >= 15 is 0 Å². The van der Waals surface area contributed by atoms with Gasteiger partial charge in [0.1, 0.15) is 12.3 Å². The molecule has 1 aromatic carbocycles. The van der Waals surface area contributed by atoms with Gasteiger partial charge in [0.15, 0.2) is 5.75 Å². The number of nitrogens with zero attached hydrogens (tertiary/aromatic N) is 1. The number of nitro benzene ring substituents is 1. The zero-order valence-electron chi connectivity index (χ0n) is 10.6. The average molecular weight is 254 g/mol. The second-order valence-electron chi connectivity index (χ2n) is 4.27. The van der Waals surface area contributed by atoms with Crippen LogP contribution in [0.15, 0.2) is 18.2 Å². The number of nitrogens with two attached hydrogens (primary N) is 1. The zero-order chi connectivity index (χ0) is 13.5. The van der Waals surface area contributed by atoms with Crippen molar-refractivity contribution in [3.63, 3.8) is 0 Å². The van der Waals surface area contributed by atoms with Crippen LogP contribution < -0.4 is 10.5 Å². The molecule has 6 nitrogen and oxygen atoms in total. The molecule has 0 spiro atoms. The van der Waals surface area contributed by atoms with Crippen LogP contribution in [0.25, 0.3) is 0 Å². The molecule has 0 bridgehead atoms. The lowest BCUT2D eigenvalue weighted by Gasteiger charge is -2.09. The van der Waals surface area contributed by atoms with Gasteiger partial charge in [0.05, 0.1) is 11.5 Å². The maximum Gasteiger partial charge on any atom is 0.333 e. The summed E-state index contributed by atoms with van der Waals surface area (Å²) in [5, 5.41) is 10.8. The molecule has 0 saturated carbocycles. The Labute approximate surface area is 106 Å². The van der Waals surface area contributed by atoms with Crippen LogP contribution in [-0.4, -0.2) is 24.7 Å². The Morgan fingerprint density at radius 3 is 2.72 bits per heavy atom. The van der Waals surface area contributed by atoms with Crippen LogP contribution >= 0.6 is 0 Å². The Hall–Kier alpha value is -1.82. The highest BCUT2D eigenvalue weighted by atomic mass is 16.6. The van der Waals surface area contributed by atoms with Crippen molar-refractivity contribution in [3.8, 4) is 5.75 Å². The highest BCUT2D eigenvalue weighted by Crippen LogP contribution is 2.32. The topological polar surface area (TPSA) is 87.6 Å². The van der Waals surface area contributed by atoms with Crippen LogP contribution in [0.1, 0.15) is 13.8 Å². The fourth-order valence-electron chi connectivity index (χ4n) is 1.38. The molecule has 1 rings (SSSR count). The summed E-state index contributed by atoms with van der Waals surface area (Å²) < 4.78 is 10.6. The molecule has 0 heterocycles. The van der Waals surface area contributed by atoms with Crippen molar-refractivity contribution in [3.05, 3.63) is 28.3 Å². The van der Waals surface area contributed by atoms with Gasteiger partial charge >= 0.3 is 5.69 Å². The molecule has 2 N–H and O–H groups in total. The van der Waals surface area contributed by atoms with Crippen LogP contribution in [0.4, 0.5) is 11.4 Å². The molecule has 6 heteroatoms. The molecule has 0 radical (unpaired) electrons. The average Bonchev–Trinajstić information content (AvgIpc) is 2.27. The molecule has 0 aliphatic carbocycles. The third-order valence-electron chi connectivity index (χ3n) is 2.15. The Balaban J connectivity index is 2.52. The molecule has 0 aliphatic rings. The van der Waals surface area contributed by atoms with Gasteiger partial charge in [-0.3, -0.25) is 10.1 Å². The highest BCUT2D eigenvalue weighted by Gasteiger charge is 2.18. The summed E-state index contributed by atoms with van der Waals surface area (Å²) in [4.78, 5) is 10.3. The van der Waals surface area contributed by atoms with E-state index < -0.39 is 4.92 Å². The number of ether oxygens (including phenoxy) is 2. The van der Waals surface area contributed by atoms with E-state index in [1.807, 2.05) is 13.8 Å². The lowest BCUT2D eigenvalue weighted by Crippen LogP contribution is -2.11. The monoisotopic (exact) mass is 254 g/mol. The number of nitro groups is 1. The number of anilines is 1. The quantitative estimate of drug-likeness (QED) is 0.349. The van der Waals surface area contributed by atoms with Gasteiger partial charge in [0.25, 0.3) is 0 Å². The number of hydrogen-bond acceptors (Lipinski definition) is 5. The van der Waals surface area contributed by atoms with Crippen molar-refractivity contribution in [1.82, 2.24) is 0 Å². The van der Waals surface area contributed by atoms with E-state index in [9.17, 15) is 10.1 Å². The maximum absolute atomic E-state index is 10.8. The van der Waals surface area contributed by atoms with Crippen LogP contribution in [0.5, 0.6) is 5.75 Å². The third kappa shape index (κ3) is 4.21. The minimum atomic E-state index is -0.542. The van der Waals surface area contributed by atoms with Gasteiger partial charge in [0.2, 0.25) is 0 Å². The number of para-hydroxylation sites is 1.